The molecule has 0 bridgehead atoms. The summed E-state index contributed by atoms with van der Waals surface area (Å²) in [6.45, 7) is 2.08. The zero-order valence-corrected chi connectivity index (χ0v) is 11.2. The van der Waals surface area contributed by atoms with Crippen LogP contribution in [0.3, 0.4) is 0 Å². The number of amides is 2. The Bertz CT molecular complexity index is 455. The zero-order chi connectivity index (χ0) is 15.0. The minimum atomic E-state index is -0.884. The number of carboxylic acid groups (broad SMARTS) is 1. The monoisotopic (exact) mass is 282 g/mol. The first-order valence-electron chi connectivity index (χ1n) is 6.32. The molecule has 1 aromatic heterocycles. The molecule has 0 aliphatic heterocycles. The first-order valence-corrected chi connectivity index (χ1v) is 6.32. The van der Waals surface area contributed by atoms with E-state index in [-0.39, 0.29) is 30.5 Å². The Morgan fingerprint density at radius 3 is 2.65 bits per heavy atom. The van der Waals surface area contributed by atoms with E-state index in [1.165, 1.54) is 12.3 Å². The van der Waals surface area contributed by atoms with Crippen molar-refractivity contribution in [2.24, 2.45) is 5.92 Å². The molecule has 0 aromatic carbocycles. The smallest absolute Gasteiger partial charge is 0.306 e. The lowest BCUT2D eigenvalue weighted by Gasteiger charge is -2.08. The summed E-state index contributed by atoms with van der Waals surface area (Å²) in [5, 5.41) is 13.8. The molecule has 7 nitrogen and oxygen atoms in total. The molecular weight excluding hydrogens is 264 g/mol. The van der Waals surface area contributed by atoms with Gasteiger partial charge in [0.25, 0.3) is 5.91 Å². The molecule has 0 fully saturated rings. The van der Waals surface area contributed by atoms with E-state index >= 15 is 0 Å². The number of carbonyl (C=O) groups is 3. The van der Waals surface area contributed by atoms with Crippen molar-refractivity contribution >= 4 is 17.8 Å². The number of rotatable bonds is 8. The van der Waals surface area contributed by atoms with Crippen molar-refractivity contribution in [3.05, 3.63) is 24.2 Å². The summed E-state index contributed by atoms with van der Waals surface area (Å²) in [4.78, 5) is 33.5. The molecule has 1 heterocycles. The minimum absolute atomic E-state index is 0.133. The lowest BCUT2D eigenvalue weighted by atomic mass is 10.1. The summed E-state index contributed by atoms with van der Waals surface area (Å²) in [7, 11) is 0. The van der Waals surface area contributed by atoms with Crippen molar-refractivity contribution in [3.8, 4) is 0 Å². The molecular formula is C13H18N2O5. The quantitative estimate of drug-likeness (QED) is 0.648. The molecule has 20 heavy (non-hydrogen) atoms. The van der Waals surface area contributed by atoms with Crippen LogP contribution in [-0.4, -0.2) is 36.0 Å². The van der Waals surface area contributed by atoms with Crippen LogP contribution in [0.2, 0.25) is 0 Å². The van der Waals surface area contributed by atoms with Crippen molar-refractivity contribution in [1.82, 2.24) is 10.6 Å². The van der Waals surface area contributed by atoms with E-state index in [4.69, 9.17) is 9.52 Å². The van der Waals surface area contributed by atoms with Gasteiger partial charge in [-0.2, -0.15) is 0 Å². The fraction of sp³-hybridized carbons (Fsp3) is 0.462. The Morgan fingerprint density at radius 1 is 1.30 bits per heavy atom. The van der Waals surface area contributed by atoms with Crippen LogP contribution in [-0.2, 0) is 9.59 Å². The minimum Gasteiger partial charge on any atom is -0.481 e. The van der Waals surface area contributed by atoms with Gasteiger partial charge in [0, 0.05) is 19.5 Å². The maximum atomic E-state index is 11.5. The molecule has 0 aliphatic rings. The van der Waals surface area contributed by atoms with Crippen molar-refractivity contribution in [2.75, 3.05) is 13.1 Å². The van der Waals surface area contributed by atoms with E-state index in [2.05, 4.69) is 10.6 Å². The molecule has 1 aromatic rings. The summed E-state index contributed by atoms with van der Waals surface area (Å²) in [6, 6.07) is 3.13. The third kappa shape index (κ3) is 5.55. The second-order valence-corrected chi connectivity index (χ2v) is 4.36. The molecule has 0 radical (unpaired) electrons. The predicted octanol–water partition coefficient (Wildman–Crippen LogP) is 0.626. The highest BCUT2D eigenvalue weighted by Gasteiger charge is 2.11. The summed E-state index contributed by atoms with van der Waals surface area (Å²) < 4.78 is 4.90. The van der Waals surface area contributed by atoms with Gasteiger partial charge in [-0.1, -0.05) is 6.92 Å². The number of carbonyl (C=O) groups excluding carboxylic acids is 2. The number of nitrogens with one attached hydrogen (secondary N) is 2. The summed E-state index contributed by atoms with van der Waals surface area (Å²) in [5.41, 5.74) is 0. The molecule has 3 N–H and O–H groups in total. The maximum absolute atomic E-state index is 11.5. The molecule has 7 heteroatoms. The van der Waals surface area contributed by atoms with Crippen LogP contribution in [0.5, 0.6) is 0 Å². The summed E-state index contributed by atoms with van der Waals surface area (Å²) >= 11 is 0. The first-order chi connectivity index (χ1) is 9.50. The highest BCUT2D eigenvalue weighted by atomic mass is 16.4. The molecule has 0 aliphatic carbocycles. The fourth-order valence-electron chi connectivity index (χ4n) is 1.42. The van der Waals surface area contributed by atoms with Gasteiger partial charge in [-0.25, -0.2) is 0 Å². The highest BCUT2D eigenvalue weighted by molar-refractivity contribution is 5.91. The molecule has 2 amide bonds. The molecule has 0 saturated heterocycles. The number of aliphatic carboxylic acids is 1. The third-order valence-corrected chi connectivity index (χ3v) is 2.70. The normalized spacial score (nSPS) is 11.7. The number of hydrogen-bond donors (Lipinski definition) is 3. The average molecular weight is 282 g/mol. The topological polar surface area (TPSA) is 109 Å². The van der Waals surface area contributed by atoms with Crippen LogP contribution < -0.4 is 10.6 Å². The van der Waals surface area contributed by atoms with Crippen molar-refractivity contribution in [2.45, 2.75) is 19.8 Å². The Hall–Kier alpha value is -2.31. The second kappa shape index (κ2) is 7.98. The molecule has 110 valence electrons. The Balaban J connectivity index is 2.11. The second-order valence-electron chi connectivity index (χ2n) is 4.36. The Kier molecular flexibility index (Phi) is 6.28. The van der Waals surface area contributed by atoms with Gasteiger partial charge in [-0.05, 0) is 18.6 Å². The van der Waals surface area contributed by atoms with Crippen molar-refractivity contribution in [1.29, 1.82) is 0 Å². The van der Waals surface area contributed by atoms with Crippen molar-refractivity contribution in [3.63, 3.8) is 0 Å². The van der Waals surface area contributed by atoms with Gasteiger partial charge in [-0.15, -0.1) is 0 Å². The largest absolute Gasteiger partial charge is 0.481 e. The lowest BCUT2D eigenvalue weighted by Crippen LogP contribution is -2.31. The van der Waals surface area contributed by atoms with Crippen LogP contribution in [0.1, 0.15) is 30.3 Å². The number of carboxylic acids is 1. The fourth-order valence-corrected chi connectivity index (χ4v) is 1.42. The molecule has 0 saturated carbocycles. The maximum Gasteiger partial charge on any atom is 0.306 e. The zero-order valence-electron chi connectivity index (χ0n) is 11.2. The van der Waals surface area contributed by atoms with Gasteiger partial charge < -0.3 is 20.2 Å². The van der Waals surface area contributed by atoms with E-state index in [0.29, 0.717) is 13.0 Å². The van der Waals surface area contributed by atoms with Gasteiger partial charge in [0.1, 0.15) is 0 Å². The van der Waals surface area contributed by atoms with Gasteiger partial charge in [-0.3, -0.25) is 14.4 Å². The standard InChI is InChI=1S/C13H18N2O5/c1-9(13(18)19)4-6-14-11(16)5-7-15-12(17)10-3-2-8-20-10/h2-3,8-9H,4-7H2,1H3,(H,14,16)(H,15,17)(H,18,19). The first kappa shape index (κ1) is 15.7. The summed E-state index contributed by atoms with van der Waals surface area (Å²) in [5.74, 6) is -1.79. The molecule has 1 rings (SSSR count). The van der Waals surface area contributed by atoms with Crippen LogP contribution in [0.25, 0.3) is 0 Å². The van der Waals surface area contributed by atoms with Crippen LogP contribution in [0.4, 0.5) is 0 Å². The highest BCUT2D eigenvalue weighted by Crippen LogP contribution is 2.00. The average Bonchev–Trinajstić information content (AvgIpc) is 2.92. The van der Waals surface area contributed by atoms with Gasteiger partial charge in [0.2, 0.25) is 5.91 Å². The molecule has 1 unspecified atom stereocenters. The molecule has 0 spiro atoms. The third-order valence-electron chi connectivity index (χ3n) is 2.70. The van der Waals surface area contributed by atoms with E-state index < -0.39 is 11.9 Å². The van der Waals surface area contributed by atoms with E-state index in [9.17, 15) is 14.4 Å². The van der Waals surface area contributed by atoms with Crippen LogP contribution in [0, 0.1) is 5.92 Å². The van der Waals surface area contributed by atoms with E-state index in [1.807, 2.05) is 0 Å². The predicted molar refractivity (Wildman–Crippen MR) is 70.1 cm³/mol. The lowest BCUT2D eigenvalue weighted by molar-refractivity contribution is -0.141. The van der Waals surface area contributed by atoms with Gasteiger partial charge in [0.05, 0.1) is 12.2 Å². The Morgan fingerprint density at radius 2 is 2.05 bits per heavy atom. The van der Waals surface area contributed by atoms with Gasteiger partial charge in [0.15, 0.2) is 5.76 Å². The van der Waals surface area contributed by atoms with Crippen molar-refractivity contribution < 1.29 is 23.9 Å². The van der Waals surface area contributed by atoms with E-state index in [1.54, 1.807) is 13.0 Å². The van der Waals surface area contributed by atoms with Crippen LogP contribution >= 0.6 is 0 Å². The number of furan rings is 1. The van der Waals surface area contributed by atoms with Crippen LogP contribution in [0.15, 0.2) is 22.8 Å². The molecule has 1 atom stereocenters. The number of hydrogen-bond acceptors (Lipinski definition) is 4. The van der Waals surface area contributed by atoms with Gasteiger partial charge >= 0.3 is 5.97 Å². The summed E-state index contributed by atoms with van der Waals surface area (Å²) in [6.07, 6.45) is 1.90. The van der Waals surface area contributed by atoms with E-state index in [0.717, 1.165) is 0 Å². The Labute approximate surface area is 116 Å². The SMILES string of the molecule is CC(CCNC(=O)CCNC(=O)c1ccco1)C(=O)O.